The lowest BCUT2D eigenvalue weighted by Crippen LogP contribution is -2.55. The van der Waals surface area contributed by atoms with Crippen LogP contribution in [0.25, 0.3) is 0 Å². The minimum absolute atomic E-state index is 0.0176. The Kier molecular flexibility index (Phi) is 11.2. The van der Waals surface area contributed by atoms with Gasteiger partial charge in [0.15, 0.2) is 0 Å². The van der Waals surface area contributed by atoms with Gasteiger partial charge in [0.2, 0.25) is 11.8 Å². The van der Waals surface area contributed by atoms with Crippen molar-refractivity contribution in [3.63, 3.8) is 0 Å². The van der Waals surface area contributed by atoms with E-state index in [1.54, 1.807) is 32.9 Å². The summed E-state index contributed by atoms with van der Waals surface area (Å²) in [5.74, 6) is -0.768. The summed E-state index contributed by atoms with van der Waals surface area (Å²) in [7, 11) is 0. The first-order valence-electron chi connectivity index (χ1n) is 14.4. The quantitative estimate of drug-likeness (QED) is 0.336. The average molecular weight is 568 g/mol. The van der Waals surface area contributed by atoms with E-state index in [4.69, 9.17) is 4.74 Å². The van der Waals surface area contributed by atoms with Crippen molar-refractivity contribution in [2.45, 2.75) is 96.9 Å². The fourth-order valence-corrected chi connectivity index (χ4v) is 5.13. The number of aryl methyl sites for hydroxylation is 2. The molecule has 1 fully saturated rings. The minimum atomic E-state index is -1.10. The zero-order chi connectivity index (χ0) is 30.2. The molecule has 4 N–H and O–H groups in total. The number of hydrogen-bond acceptors (Lipinski definition) is 6. The molecule has 0 radical (unpaired) electrons. The lowest BCUT2D eigenvalue weighted by Gasteiger charge is -2.35. The number of hydrogen-bond donors (Lipinski definition) is 4. The van der Waals surface area contributed by atoms with Gasteiger partial charge in [-0.25, -0.2) is 4.79 Å². The fraction of sp³-hybridized carbons (Fsp3) is 0.531. The van der Waals surface area contributed by atoms with E-state index in [1.807, 2.05) is 32.0 Å². The van der Waals surface area contributed by atoms with Crippen LogP contribution in [0.15, 0.2) is 42.5 Å². The molecule has 0 saturated heterocycles. The van der Waals surface area contributed by atoms with Crippen LogP contribution in [0, 0.1) is 13.8 Å². The number of ether oxygens (including phenoxy) is 1. The van der Waals surface area contributed by atoms with Crippen LogP contribution < -0.4 is 10.6 Å². The third-order valence-electron chi connectivity index (χ3n) is 7.35. The van der Waals surface area contributed by atoms with Gasteiger partial charge in [-0.05, 0) is 81.8 Å². The van der Waals surface area contributed by atoms with Crippen molar-refractivity contribution < 1.29 is 29.3 Å². The second kappa shape index (κ2) is 14.3. The van der Waals surface area contributed by atoms with Crippen molar-refractivity contribution in [3.8, 4) is 5.75 Å². The standard InChI is InChI=1S/C32H45N3O6/c1-21-11-14-24(19-22(21)2)28(29(38)33-25-9-7-6-8-10-25)35(17-18-36)30(39)27(34-31(40)41-32(3,4)5)20-23-12-15-26(37)16-13-23/h11-16,19,25,27-28,36-37H,6-10,17-18,20H2,1-5H3,(H,33,38)(H,34,40). The SMILES string of the molecule is Cc1ccc(C(C(=O)NC2CCCCC2)N(CCO)C(=O)C(Cc2ccc(O)cc2)NC(=O)OC(C)(C)C)cc1C. The van der Waals surface area contributed by atoms with E-state index in [-0.39, 0.29) is 37.3 Å². The molecule has 0 heterocycles. The third kappa shape index (κ3) is 9.49. The highest BCUT2D eigenvalue weighted by Gasteiger charge is 2.37. The van der Waals surface area contributed by atoms with Crippen LogP contribution in [0.2, 0.25) is 0 Å². The number of benzene rings is 2. The first kappa shape index (κ1) is 31.9. The van der Waals surface area contributed by atoms with E-state index in [1.165, 1.54) is 17.0 Å². The summed E-state index contributed by atoms with van der Waals surface area (Å²) < 4.78 is 5.45. The predicted octanol–water partition coefficient (Wildman–Crippen LogP) is 4.46. The van der Waals surface area contributed by atoms with Gasteiger partial charge in [0, 0.05) is 19.0 Å². The first-order chi connectivity index (χ1) is 19.4. The van der Waals surface area contributed by atoms with Crippen LogP contribution in [-0.2, 0) is 20.7 Å². The number of nitrogens with zero attached hydrogens (tertiary/aromatic N) is 1. The van der Waals surface area contributed by atoms with Crippen LogP contribution in [0.1, 0.15) is 81.2 Å². The topological polar surface area (TPSA) is 128 Å². The van der Waals surface area contributed by atoms with Gasteiger partial charge in [-0.15, -0.1) is 0 Å². The van der Waals surface area contributed by atoms with Gasteiger partial charge in [-0.2, -0.15) is 0 Å². The minimum Gasteiger partial charge on any atom is -0.508 e. The summed E-state index contributed by atoms with van der Waals surface area (Å²) in [6, 6.07) is 9.89. The molecule has 2 aromatic rings. The molecule has 0 aromatic heterocycles. The monoisotopic (exact) mass is 567 g/mol. The van der Waals surface area contributed by atoms with Crippen molar-refractivity contribution >= 4 is 17.9 Å². The number of aliphatic hydroxyl groups is 1. The second-order valence-corrected chi connectivity index (χ2v) is 11.9. The normalized spacial score (nSPS) is 15.5. The first-order valence-corrected chi connectivity index (χ1v) is 14.4. The summed E-state index contributed by atoms with van der Waals surface area (Å²) >= 11 is 0. The number of nitrogens with one attached hydrogen (secondary N) is 2. The van der Waals surface area contributed by atoms with Gasteiger partial charge in [0.05, 0.1) is 6.61 Å². The molecule has 0 spiro atoms. The Bertz CT molecular complexity index is 1180. The van der Waals surface area contributed by atoms with Crippen LogP contribution in [0.4, 0.5) is 4.79 Å². The lowest BCUT2D eigenvalue weighted by molar-refractivity contribution is -0.143. The van der Waals surface area contributed by atoms with Gasteiger partial charge in [-0.3, -0.25) is 9.59 Å². The van der Waals surface area contributed by atoms with Crippen LogP contribution in [-0.4, -0.2) is 63.9 Å². The van der Waals surface area contributed by atoms with Crippen molar-refractivity contribution in [2.24, 2.45) is 0 Å². The van der Waals surface area contributed by atoms with E-state index in [9.17, 15) is 24.6 Å². The van der Waals surface area contributed by atoms with Crippen molar-refractivity contribution in [1.29, 1.82) is 0 Å². The molecule has 1 aliphatic carbocycles. The molecule has 0 bridgehead atoms. The predicted molar refractivity (Wildman–Crippen MR) is 157 cm³/mol. The van der Waals surface area contributed by atoms with Gasteiger partial charge in [0.25, 0.3) is 0 Å². The number of aromatic hydroxyl groups is 1. The Morgan fingerprint density at radius 2 is 1.66 bits per heavy atom. The molecule has 2 aromatic carbocycles. The Morgan fingerprint density at radius 3 is 2.24 bits per heavy atom. The molecule has 2 unspecified atom stereocenters. The molecule has 9 nitrogen and oxygen atoms in total. The second-order valence-electron chi connectivity index (χ2n) is 11.9. The van der Waals surface area contributed by atoms with E-state index in [2.05, 4.69) is 10.6 Å². The molecular formula is C32H45N3O6. The van der Waals surface area contributed by atoms with Crippen molar-refractivity contribution in [3.05, 3.63) is 64.7 Å². The zero-order valence-corrected chi connectivity index (χ0v) is 24.9. The van der Waals surface area contributed by atoms with Crippen LogP contribution >= 0.6 is 0 Å². The maximum absolute atomic E-state index is 14.3. The van der Waals surface area contributed by atoms with Crippen LogP contribution in [0.3, 0.4) is 0 Å². The van der Waals surface area contributed by atoms with Crippen molar-refractivity contribution in [2.75, 3.05) is 13.2 Å². The highest BCUT2D eigenvalue weighted by Crippen LogP contribution is 2.27. The van der Waals surface area contributed by atoms with E-state index >= 15 is 0 Å². The summed E-state index contributed by atoms with van der Waals surface area (Å²) in [6.07, 6.45) is 4.28. The maximum Gasteiger partial charge on any atom is 0.408 e. The summed E-state index contributed by atoms with van der Waals surface area (Å²) in [6.45, 7) is 8.63. The van der Waals surface area contributed by atoms with Gasteiger partial charge in [-0.1, -0.05) is 49.6 Å². The number of carbonyl (C=O) groups is 3. The molecule has 0 aliphatic heterocycles. The smallest absolute Gasteiger partial charge is 0.408 e. The summed E-state index contributed by atoms with van der Waals surface area (Å²) in [5.41, 5.74) is 2.56. The van der Waals surface area contributed by atoms with Gasteiger partial charge >= 0.3 is 6.09 Å². The zero-order valence-electron chi connectivity index (χ0n) is 24.9. The van der Waals surface area contributed by atoms with E-state index < -0.39 is 29.7 Å². The summed E-state index contributed by atoms with van der Waals surface area (Å²) in [4.78, 5) is 42.4. The Morgan fingerprint density at radius 1 is 1.00 bits per heavy atom. The third-order valence-corrected chi connectivity index (χ3v) is 7.35. The van der Waals surface area contributed by atoms with E-state index in [0.29, 0.717) is 11.1 Å². The molecule has 224 valence electrons. The number of rotatable bonds is 10. The van der Waals surface area contributed by atoms with Crippen molar-refractivity contribution in [1.82, 2.24) is 15.5 Å². The summed E-state index contributed by atoms with van der Waals surface area (Å²) in [5, 5.41) is 25.6. The number of alkyl carbamates (subject to hydrolysis) is 1. The molecule has 9 heteroatoms. The molecule has 41 heavy (non-hydrogen) atoms. The Labute approximate surface area is 243 Å². The molecule has 2 atom stereocenters. The number of carbonyl (C=O) groups excluding carboxylic acids is 3. The molecule has 1 aliphatic rings. The van der Waals surface area contributed by atoms with E-state index in [0.717, 1.165) is 43.2 Å². The maximum atomic E-state index is 14.3. The fourth-order valence-electron chi connectivity index (χ4n) is 5.13. The number of aliphatic hydroxyl groups excluding tert-OH is 1. The van der Waals surface area contributed by atoms with Gasteiger partial charge < -0.3 is 30.5 Å². The average Bonchev–Trinajstić information content (AvgIpc) is 2.90. The highest BCUT2D eigenvalue weighted by molar-refractivity contribution is 5.92. The molecule has 1 saturated carbocycles. The highest BCUT2D eigenvalue weighted by atomic mass is 16.6. The number of phenolic OH excluding ortho intramolecular Hbond substituents is 1. The molecule has 3 rings (SSSR count). The molecular weight excluding hydrogens is 522 g/mol. The van der Waals surface area contributed by atoms with Crippen LogP contribution in [0.5, 0.6) is 5.75 Å². The lowest BCUT2D eigenvalue weighted by atomic mass is 9.94. The number of amides is 3. The number of phenols is 1. The largest absolute Gasteiger partial charge is 0.508 e. The molecule has 3 amide bonds. The Hall–Kier alpha value is -3.59. The van der Waals surface area contributed by atoms with Gasteiger partial charge in [0.1, 0.15) is 23.4 Å². The Balaban J connectivity index is 2.01.